The van der Waals surface area contributed by atoms with Crippen molar-refractivity contribution in [3.8, 4) is 0 Å². The van der Waals surface area contributed by atoms with Crippen molar-refractivity contribution in [3.63, 3.8) is 0 Å². The molecule has 1 aromatic heterocycles. The topological polar surface area (TPSA) is 60.4 Å². The van der Waals surface area contributed by atoms with E-state index in [9.17, 15) is 14.7 Å². The zero-order valence-electron chi connectivity index (χ0n) is 11.7. The number of hydrogen-bond donors (Lipinski definition) is 0. The van der Waals surface area contributed by atoms with Gasteiger partial charge in [-0.05, 0) is 23.1 Å². The highest BCUT2D eigenvalue weighted by atomic mass is 32.2. The molecule has 3 rings (SSSR count). The maximum absolute atomic E-state index is 12.6. The molecule has 1 saturated heterocycles. The number of benzene rings is 1. The van der Waals surface area contributed by atoms with Crippen molar-refractivity contribution in [2.45, 2.75) is 6.04 Å². The lowest BCUT2D eigenvalue weighted by Crippen LogP contribution is -2.43. The third-order valence-electron chi connectivity index (χ3n) is 3.24. The first-order valence-electron chi connectivity index (χ1n) is 6.64. The summed E-state index contributed by atoms with van der Waals surface area (Å²) in [6.45, 7) is 0. The Morgan fingerprint density at radius 2 is 1.96 bits per heavy atom. The minimum Gasteiger partial charge on any atom is -0.547 e. The molecule has 116 valence electrons. The van der Waals surface area contributed by atoms with Gasteiger partial charge in [0.15, 0.2) is 0 Å². The Kier molecular flexibility index (Phi) is 4.61. The number of rotatable bonds is 4. The summed E-state index contributed by atoms with van der Waals surface area (Å²) in [5.74, 6) is -1.77. The van der Waals surface area contributed by atoms with Crippen molar-refractivity contribution in [2.24, 2.45) is 0 Å². The van der Waals surface area contributed by atoms with E-state index in [0.717, 1.165) is 21.5 Å². The number of aliphatic carboxylic acids is 1. The summed E-state index contributed by atoms with van der Waals surface area (Å²) in [5.41, 5.74) is 0.459. The second kappa shape index (κ2) is 6.66. The summed E-state index contributed by atoms with van der Waals surface area (Å²) < 4.78 is 0.218. The highest BCUT2D eigenvalue weighted by Gasteiger charge is 2.38. The van der Waals surface area contributed by atoms with E-state index >= 15 is 0 Å². The molecule has 1 fully saturated rings. The molecular weight excluding hydrogens is 350 g/mol. The van der Waals surface area contributed by atoms with Crippen LogP contribution in [-0.2, 0) is 9.59 Å². The zero-order valence-corrected chi connectivity index (χ0v) is 14.1. The van der Waals surface area contributed by atoms with Gasteiger partial charge in [-0.2, -0.15) is 0 Å². The number of carboxylic acid groups (broad SMARTS) is 1. The Balaban J connectivity index is 1.97. The molecule has 4 nitrogen and oxygen atoms in total. The maximum atomic E-state index is 12.6. The van der Waals surface area contributed by atoms with Crippen molar-refractivity contribution in [1.29, 1.82) is 0 Å². The first-order valence-corrected chi connectivity index (χ1v) is 8.75. The molecule has 1 aliphatic heterocycles. The molecule has 2 heterocycles. The predicted octanol–water partition coefficient (Wildman–Crippen LogP) is 2.44. The highest BCUT2D eigenvalue weighted by Crippen LogP contribution is 2.38. The fourth-order valence-corrected chi connectivity index (χ4v) is 4.27. The molecule has 1 amide bonds. The number of amides is 1. The molecule has 0 unspecified atom stereocenters. The fourth-order valence-electron chi connectivity index (χ4n) is 2.23. The van der Waals surface area contributed by atoms with Gasteiger partial charge in [-0.3, -0.25) is 9.69 Å². The third-order valence-corrected chi connectivity index (χ3v) is 5.39. The van der Waals surface area contributed by atoms with E-state index in [1.807, 2.05) is 17.5 Å². The van der Waals surface area contributed by atoms with Crippen LogP contribution < -0.4 is 5.11 Å². The van der Waals surface area contributed by atoms with E-state index in [1.165, 1.54) is 11.3 Å². The Labute approximate surface area is 146 Å². The van der Waals surface area contributed by atoms with Crippen LogP contribution in [-0.4, -0.2) is 21.1 Å². The number of carboxylic acids is 1. The van der Waals surface area contributed by atoms with E-state index in [1.54, 1.807) is 36.4 Å². The van der Waals surface area contributed by atoms with Crippen molar-refractivity contribution in [3.05, 3.63) is 63.2 Å². The molecule has 0 saturated carbocycles. The van der Waals surface area contributed by atoms with Crippen LogP contribution in [0.25, 0.3) is 6.08 Å². The minimum atomic E-state index is -1.36. The summed E-state index contributed by atoms with van der Waals surface area (Å²) in [5, 5.41) is 13.5. The fraction of sp³-hybridized carbons (Fsp3) is 0.0625. The van der Waals surface area contributed by atoms with Gasteiger partial charge in [-0.1, -0.05) is 60.4 Å². The molecule has 1 aromatic carbocycles. The summed E-state index contributed by atoms with van der Waals surface area (Å²) in [7, 11) is 0. The van der Waals surface area contributed by atoms with Crippen LogP contribution in [0.4, 0.5) is 0 Å². The summed E-state index contributed by atoms with van der Waals surface area (Å²) >= 11 is 7.82. The molecule has 7 heteroatoms. The number of thioether (sulfide) groups is 1. The van der Waals surface area contributed by atoms with Gasteiger partial charge in [0.2, 0.25) is 0 Å². The van der Waals surface area contributed by atoms with Gasteiger partial charge >= 0.3 is 0 Å². The quantitative estimate of drug-likeness (QED) is 0.619. The lowest BCUT2D eigenvalue weighted by molar-refractivity contribution is -0.310. The van der Waals surface area contributed by atoms with E-state index in [2.05, 4.69) is 0 Å². The van der Waals surface area contributed by atoms with Gasteiger partial charge in [0.05, 0.1) is 10.9 Å². The molecule has 0 spiro atoms. The van der Waals surface area contributed by atoms with Gasteiger partial charge in [-0.25, -0.2) is 0 Å². The lowest BCUT2D eigenvalue weighted by Gasteiger charge is -2.27. The summed E-state index contributed by atoms with van der Waals surface area (Å²) in [6.07, 6.45) is 1.72. The van der Waals surface area contributed by atoms with Crippen LogP contribution in [0, 0.1) is 0 Å². The number of nitrogens with zero attached hydrogens (tertiary/aromatic N) is 1. The van der Waals surface area contributed by atoms with E-state index < -0.39 is 17.9 Å². The Morgan fingerprint density at radius 3 is 2.57 bits per heavy atom. The van der Waals surface area contributed by atoms with Crippen LogP contribution in [0.3, 0.4) is 0 Å². The number of carbonyl (C=O) groups is 2. The zero-order chi connectivity index (χ0) is 16.4. The molecule has 1 atom stereocenters. The summed E-state index contributed by atoms with van der Waals surface area (Å²) in [6, 6.07) is 11.0. The Bertz CT molecular complexity index is 784. The van der Waals surface area contributed by atoms with Gasteiger partial charge in [0, 0.05) is 4.88 Å². The molecule has 2 aromatic rings. The van der Waals surface area contributed by atoms with Crippen molar-refractivity contribution >= 4 is 57.6 Å². The monoisotopic (exact) mass is 360 g/mol. The number of carbonyl (C=O) groups excluding carboxylic acids is 2. The van der Waals surface area contributed by atoms with E-state index in [0.29, 0.717) is 10.5 Å². The van der Waals surface area contributed by atoms with Gasteiger partial charge < -0.3 is 9.90 Å². The Hall–Kier alpha value is -1.96. The van der Waals surface area contributed by atoms with E-state index in [-0.39, 0.29) is 4.32 Å². The Morgan fingerprint density at radius 1 is 1.22 bits per heavy atom. The molecule has 0 bridgehead atoms. The predicted molar refractivity (Wildman–Crippen MR) is 93.5 cm³/mol. The average Bonchev–Trinajstić information content (AvgIpc) is 3.12. The van der Waals surface area contributed by atoms with Crippen LogP contribution in [0.1, 0.15) is 16.5 Å². The van der Waals surface area contributed by atoms with Gasteiger partial charge in [0.25, 0.3) is 5.91 Å². The summed E-state index contributed by atoms with van der Waals surface area (Å²) in [4.78, 5) is 26.7. The second-order valence-corrected chi connectivity index (χ2v) is 7.35. The molecule has 0 N–H and O–H groups in total. The normalized spacial score (nSPS) is 17.7. The molecule has 0 aliphatic carbocycles. The highest BCUT2D eigenvalue weighted by molar-refractivity contribution is 8.26. The standard InChI is InChI=1S/C16H11NO3S3/c18-14-12(9-11-7-4-8-22-11)23-16(21)17(14)13(15(19)20)10-5-2-1-3-6-10/h1-9,13H,(H,19,20)/p-1/t13-/m0/s1. The number of thiocarbonyl (C=S) groups is 1. The number of thiophene rings is 1. The first kappa shape index (κ1) is 15.9. The van der Waals surface area contributed by atoms with Crippen LogP contribution in [0.5, 0.6) is 0 Å². The largest absolute Gasteiger partial charge is 0.547 e. The average molecular weight is 360 g/mol. The maximum Gasteiger partial charge on any atom is 0.267 e. The van der Waals surface area contributed by atoms with Gasteiger partial charge in [-0.15, -0.1) is 11.3 Å². The van der Waals surface area contributed by atoms with Crippen LogP contribution >= 0.6 is 35.3 Å². The van der Waals surface area contributed by atoms with Crippen LogP contribution in [0.2, 0.25) is 0 Å². The van der Waals surface area contributed by atoms with E-state index in [4.69, 9.17) is 12.2 Å². The molecular formula is C16H10NO3S3-. The molecule has 0 radical (unpaired) electrons. The lowest BCUT2D eigenvalue weighted by atomic mass is 10.1. The first-order chi connectivity index (χ1) is 11.1. The molecule has 23 heavy (non-hydrogen) atoms. The third kappa shape index (κ3) is 3.21. The minimum absolute atomic E-state index is 0.218. The number of hydrogen-bond acceptors (Lipinski definition) is 6. The smallest absolute Gasteiger partial charge is 0.267 e. The van der Waals surface area contributed by atoms with Gasteiger partial charge in [0.1, 0.15) is 10.4 Å². The van der Waals surface area contributed by atoms with Crippen molar-refractivity contribution in [2.75, 3.05) is 0 Å². The van der Waals surface area contributed by atoms with Crippen LogP contribution in [0.15, 0.2) is 52.7 Å². The molecule has 1 aliphatic rings. The van der Waals surface area contributed by atoms with Crippen molar-refractivity contribution < 1.29 is 14.7 Å². The SMILES string of the molecule is O=C([O-])[C@H](c1ccccc1)N1C(=O)C(=Cc2cccs2)SC1=S. The second-order valence-electron chi connectivity index (χ2n) is 4.70. The van der Waals surface area contributed by atoms with Crippen molar-refractivity contribution in [1.82, 2.24) is 4.90 Å².